The van der Waals surface area contributed by atoms with Gasteiger partial charge in [-0.05, 0) is 48.6 Å². The fourth-order valence-corrected chi connectivity index (χ4v) is 5.45. The highest BCUT2D eigenvalue weighted by Gasteiger charge is 2.30. The molecule has 1 saturated heterocycles. The van der Waals surface area contributed by atoms with Crippen molar-refractivity contribution in [3.8, 4) is 11.3 Å². The molecule has 4 heterocycles. The molecule has 1 fully saturated rings. The molecule has 0 bridgehead atoms. The van der Waals surface area contributed by atoms with E-state index in [0.29, 0.717) is 11.5 Å². The number of esters is 1. The lowest BCUT2D eigenvalue weighted by molar-refractivity contribution is 0.0553. The number of ether oxygens (including phenoxy) is 2. The molecular formula is C28H27N5O3. The number of fused-ring (bicyclic) bond motifs is 3. The summed E-state index contributed by atoms with van der Waals surface area (Å²) in [7, 11) is 3.28. The van der Waals surface area contributed by atoms with Crippen molar-refractivity contribution in [3.05, 3.63) is 78.1 Å². The lowest BCUT2D eigenvalue weighted by Gasteiger charge is -2.33. The van der Waals surface area contributed by atoms with Crippen molar-refractivity contribution in [2.45, 2.75) is 18.9 Å². The van der Waals surface area contributed by atoms with E-state index < -0.39 is 0 Å². The summed E-state index contributed by atoms with van der Waals surface area (Å²) in [4.78, 5) is 17.4. The summed E-state index contributed by atoms with van der Waals surface area (Å²) in [5.41, 5.74) is 6.42. The van der Waals surface area contributed by atoms with Crippen LogP contribution in [0, 0.1) is 5.92 Å². The molecule has 8 heteroatoms. The quantitative estimate of drug-likeness (QED) is 0.336. The third kappa shape index (κ3) is 3.74. The van der Waals surface area contributed by atoms with E-state index in [1.54, 1.807) is 10.9 Å². The predicted molar refractivity (Wildman–Crippen MR) is 137 cm³/mol. The zero-order valence-corrected chi connectivity index (χ0v) is 20.3. The fraction of sp³-hybridized carbons (Fsp3) is 0.286. The molecule has 2 aromatic carbocycles. The number of rotatable bonds is 5. The van der Waals surface area contributed by atoms with Gasteiger partial charge < -0.3 is 14.0 Å². The van der Waals surface area contributed by atoms with Gasteiger partial charge in [-0.2, -0.15) is 0 Å². The molecule has 8 nitrogen and oxygen atoms in total. The van der Waals surface area contributed by atoms with Crippen LogP contribution in [0.4, 0.5) is 0 Å². The number of hydrogen-bond donors (Lipinski definition) is 0. The Morgan fingerprint density at radius 3 is 2.58 bits per heavy atom. The van der Waals surface area contributed by atoms with E-state index in [2.05, 4.69) is 45.2 Å². The Hall–Kier alpha value is -4.04. The second-order valence-corrected chi connectivity index (χ2v) is 9.23. The van der Waals surface area contributed by atoms with Crippen molar-refractivity contribution in [2.75, 3.05) is 20.3 Å². The summed E-state index contributed by atoms with van der Waals surface area (Å²) in [5.74, 6) is 0.00870. The first-order valence-electron chi connectivity index (χ1n) is 12.2. The van der Waals surface area contributed by atoms with Gasteiger partial charge in [0.1, 0.15) is 0 Å². The summed E-state index contributed by atoms with van der Waals surface area (Å²) < 4.78 is 14.9. The lowest BCUT2D eigenvalue weighted by atomic mass is 9.86. The Balaban J connectivity index is 1.68. The number of nitrogens with zero attached hydrogens (tertiary/aromatic N) is 5. The summed E-state index contributed by atoms with van der Waals surface area (Å²) in [5, 5.41) is 9.15. The Bertz CT molecular complexity index is 1550. The summed E-state index contributed by atoms with van der Waals surface area (Å²) in [6, 6.07) is 18.5. The summed E-state index contributed by atoms with van der Waals surface area (Å²) in [6.45, 7) is 1.48. The van der Waals surface area contributed by atoms with Gasteiger partial charge >= 0.3 is 5.97 Å². The van der Waals surface area contributed by atoms with Crippen molar-refractivity contribution >= 4 is 27.9 Å². The second kappa shape index (κ2) is 9.20. The van der Waals surface area contributed by atoms with Crippen LogP contribution in [0.15, 0.2) is 67.0 Å². The van der Waals surface area contributed by atoms with Crippen LogP contribution < -0.4 is 0 Å². The van der Waals surface area contributed by atoms with E-state index in [1.165, 1.54) is 12.7 Å². The highest BCUT2D eigenvalue weighted by atomic mass is 16.5. The largest absolute Gasteiger partial charge is 0.465 e. The third-order valence-corrected chi connectivity index (χ3v) is 7.20. The molecule has 0 aliphatic carbocycles. The van der Waals surface area contributed by atoms with Crippen LogP contribution in [0.1, 0.15) is 34.8 Å². The van der Waals surface area contributed by atoms with Crippen LogP contribution in [0.2, 0.25) is 0 Å². The maximum atomic E-state index is 12.5. The number of carbonyl (C=O) groups excluding carboxylic acids is 1. The first-order chi connectivity index (χ1) is 17.7. The molecule has 1 aliphatic rings. The van der Waals surface area contributed by atoms with Crippen LogP contribution in [-0.2, 0) is 16.5 Å². The molecule has 1 atom stereocenters. The maximum absolute atomic E-state index is 12.5. The van der Waals surface area contributed by atoms with Crippen molar-refractivity contribution in [2.24, 2.45) is 13.0 Å². The second-order valence-electron chi connectivity index (χ2n) is 9.23. The number of aryl methyl sites for hydroxylation is 1. The van der Waals surface area contributed by atoms with E-state index >= 15 is 0 Å². The fourth-order valence-electron chi connectivity index (χ4n) is 5.45. The highest BCUT2D eigenvalue weighted by molar-refractivity contribution is 6.08. The zero-order valence-electron chi connectivity index (χ0n) is 20.3. The number of pyridine rings is 1. The van der Waals surface area contributed by atoms with Crippen molar-refractivity contribution in [1.29, 1.82) is 0 Å². The van der Waals surface area contributed by atoms with Gasteiger partial charge in [0, 0.05) is 37.4 Å². The molecule has 3 aromatic heterocycles. The minimum Gasteiger partial charge on any atom is -0.465 e. The van der Waals surface area contributed by atoms with Gasteiger partial charge in [-0.15, -0.1) is 5.10 Å². The number of benzene rings is 2. The molecule has 0 saturated carbocycles. The van der Waals surface area contributed by atoms with Crippen LogP contribution in [0.5, 0.6) is 0 Å². The molecule has 5 aromatic rings. The van der Waals surface area contributed by atoms with Crippen LogP contribution in [-0.4, -0.2) is 50.8 Å². The maximum Gasteiger partial charge on any atom is 0.337 e. The average Bonchev–Trinajstić information content (AvgIpc) is 3.50. The van der Waals surface area contributed by atoms with Gasteiger partial charge in [0.25, 0.3) is 0 Å². The van der Waals surface area contributed by atoms with E-state index in [-0.39, 0.29) is 12.0 Å². The Morgan fingerprint density at radius 2 is 1.86 bits per heavy atom. The lowest BCUT2D eigenvalue weighted by Crippen LogP contribution is -2.27. The van der Waals surface area contributed by atoms with Crippen molar-refractivity contribution in [3.63, 3.8) is 0 Å². The average molecular weight is 482 g/mol. The first-order valence-corrected chi connectivity index (χ1v) is 12.2. The van der Waals surface area contributed by atoms with E-state index in [9.17, 15) is 4.79 Å². The van der Waals surface area contributed by atoms with Gasteiger partial charge in [-0.3, -0.25) is 4.98 Å². The molecule has 0 unspecified atom stereocenters. The normalized spacial score (nSPS) is 15.4. The smallest absolute Gasteiger partial charge is 0.337 e. The molecule has 0 spiro atoms. The van der Waals surface area contributed by atoms with Gasteiger partial charge in [-0.25, -0.2) is 9.48 Å². The van der Waals surface area contributed by atoms with Gasteiger partial charge in [0.2, 0.25) is 0 Å². The minimum atomic E-state index is -0.356. The third-order valence-electron chi connectivity index (χ3n) is 7.20. The van der Waals surface area contributed by atoms with E-state index in [1.807, 2.05) is 37.5 Å². The number of aromatic nitrogens is 5. The summed E-state index contributed by atoms with van der Waals surface area (Å²) in [6.07, 6.45) is 5.52. The van der Waals surface area contributed by atoms with Gasteiger partial charge in [0.05, 0.1) is 47.2 Å². The molecule has 0 radical (unpaired) electrons. The topological polar surface area (TPSA) is 84.1 Å². The Morgan fingerprint density at radius 1 is 1.06 bits per heavy atom. The molecule has 6 rings (SSSR count). The van der Waals surface area contributed by atoms with Crippen molar-refractivity contribution in [1.82, 2.24) is 24.5 Å². The van der Waals surface area contributed by atoms with Crippen molar-refractivity contribution < 1.29 is 14.3 Å². The zero-order chi connectivity index (χ0) is 24.6. The number of carbonyl (C=O) groups is 1. The molecule has 1 aliphatic heterocycles. The molecule has 182 valence electrons. The minimum absolute atomic E-state index is 0.0460. The summed E-state index contributed by atoms with van der Waals surface area (Å²) >= 11 is 0. The van der Waals surface area contributed by atoms with Crippen LogP contribution >= 0.6 is 0 Å². The number of hydrogen-bond acceptors (Lipinski definition) is 6. The standard InChI is InChI=1S/C28H27N5O3/c1-32-25(17-30-31-32)21-15-24-26(29-16-21)22-9-8-20(28(34)35-2)14-23(22)33(24)27(18-6-4-3-5-7-18)19-10-12-36-13-11-19/h3-9,14-17,19,27H,10-13H2,1-2H3/t27-/m1/s1. The molecular weight excluding hydrogens is 454 g/mol. The Kier molecular flexibility index (Phi) is 5.73. The monoisotopic (exact) mass is 481 g/mol. The van der Waals surface area contributed by atoms with Crippen LogP contribution in [0.3, 0.4) is 0 Å². The number of methoxy groups -OCH3 is 1. The van der Waals surface area contributed by atoms with Gasteiger partial charge in [0.15, 0.2) is 0 Å². The molecule has 36 heavy (non-hydrogen) atoms. The van der Waals surface area contributed by atoms with Crippen LogP contribution in [0.25, 0.3) is 33.2 Å². The first kappa shape index (κ1) is 22.4. The predicted octanol–water partition coefficient (Wildman–Crippen LogP) is 4.79. The highest BCUT2D eigenvalue weighted by Crippen LogP contribution is 2.41. The Labute approximate surface area is 208 Å². The SMILES string of the molecule is COC(=O)c1ccc2c3ncc(-c4cnnn4C)cc3n([C@H](c3ccccc3)C3CCOCC3)c2c1. The van der Waals surface area contributed by atoms with E-state index in [0.717, 1.165) is 59.2 Å². The molecule has 0 N–H and O–H groups in total. The van der Waals surface area contributed by atoms with Gasteiger partial charge in [-0.1, -0.05) is 35.5 Å². The molecule has 0 amide bonds. The van der Waals surface area contributed by atoms with E-state index in [4.69, 9.17) is 14.5 Å².